The van der Waals surface area contributed by atoms with Gasteiger partial charge in [0, 0.05) is 24.7 Å². The van der Waals surface area contributed by atoms with E-state index in [9.17, 15) is 19.5 Å². The monoisotopic (exact) mass is 432 g/mol. The maximum Gasteiger partial charge on any atom is 0.410 e. The van der Waals surface area contributed by atoms with Gasteiger partial charge in [-0.05, 0) is 57.4 Å². The van der Waals surface area contributed by atoms with Crippen molar-refractivity contribution in [3.8, 4) is 0 Å². The van der Waals surface area contributed by atoms with Crippen LogP contribution >= 0.6 is 0 Å². The number of carboxylic acid groups (broad SMARTS) is 1. The van der Waals surface area contributed by atoms with E-state index in [2.05, 4.69) is 0 Å². The van der Waals surface area contributed by atoms with Gasteiger partial charge < -0.3 is 19.6 Å². The predicted octanol–water partition coefficient (Wildman–Crippen LogP) is 5.08. The van der Waals surface area contributed by atoms with Crippen LogP contribution in [0.1, 0.15) is 82.6 Å². The fraction of sp³-hybridized carbons (Fsp3) is 0.625. The van der Waals surface area contributed by atoms with E-state index in [1.807, 2.05) is 34.6 Å². The van der Waals surface area contributed by atoms with Crippen LogP contribution in [-0.4, -0.2) is 46.7 Å². The number of hydrogen-bond donors (Lipinski definition) is 1. The number of benzene rings is 1. The average molecular weight is 433 g/mol. The highest BCUT2D eigenvalue weighted by molar-refractivity contribution is 5.96. The van der Waals surface area contributed by atoms with Crippen LogP contribution in [0.15, 0.2) is 18.2 Å². The number of nitrogens with zero attached hydrogens (tertiary/aromatic N) is 2. The van der Waals surface area contributed by atoms with Gasteiger partial charge in [-0.1, -0.05) is 33.1 Å². The SMILES string of the molecule is CC(C)C(=O)N1CCCCCCCN(C(=O)OC(C)(C)C)Cc2cc(C(=O)O)ccc21. The van der Waals surface area contributed by atoms with E-state index in [1.165, 1.54) is 6.07 Å². The van der Waals surface area contributed by atoms with Gasteiger partial charge in [-0.2, -0.15) is 0 Å². The third kappa shape index (κ3) is 7.26. The molecular formula is C24H36N2O5. The fourth-order valence-corrected chi connectivity index (χ4v) is 3.64. The molecule has 1 aliphatic heterocycles. The molecule has 7 heteroatoms. The zero-order valence-corrected chi connectivity index (χ0v) is 19.4. The third-order valence-corrected chi connectivity index (χ3v) is 5.20. The van der Waals surface area contributed by atoms with Crippen molar-refractivity contribution >= 4 is 23.7 Å². The lowest BCUT2D eigenvalue weighted by Crippen LogP contribution is -2.39. The van der Waals surface area contributed by atoms with Gasteiger partial charge in [-0.25, -0.2) is 9.59 Å². The van der Waals surface area contributed by atoms with Crippen molar-refractivity contribution in [2.45, 2.75) is 78.9 Å². The van der Waals surface area contributed by atoms with Gasteiger partial charge in [0.25, 0.3) is 0 Å². The van der Waals surface area contributed by atoms with E-state index in [-0.39, 0.29) is 23.9 Å². The minimum absolute atomic E-state index is 0.00907. The van der Waals surface area contributed by atoms with E-state index in [0.29, 0.717) is 24.3 Å². The molecule has 0 unspecified atom stereocenters. The zero-order valence-electron chi connectivity index (χ0n) is 19.4. The molecule has 1 N–H and O–H groups in total. The maximum atomic E-state index is 13.0. The first-order valence-corrected chi connectivity index (χ1v) is 11.1. The number of rotatable bonds is 2. The molecule has 0 atom stereocenters. The fourth-order valence-electron chi connectivity index (χ4n) is 3.64. The van der Waals surface area contributed by atoms with Crippen molar-refractivity contribution in [1.29, 1.82) is 0 Å². The van der Waals surface area contributed by atoms with Crippen molar-refractivity contribution in [2.24, 2.45) is 5.92 Å². The van der Waals surface area contributed by atoms with Gasteiger partial charge in [0.15, 0.2) is 0 Å². The van der Waals surface area contributed by atoms with E-state index < -0.39 is 17.7 Å². The lowest BCUT2D eigenvalue weighted by molar-refractivity contribution is -0.121. The number of carbonyl (C=O) groups is 3. The molecule has 0 spiro atoms. The van der Waals surface area contributed by atoms with Gasteiger partial charge >= 0.3 is 12.1 Å². The standard InChI is InChI=1S/C24H36N2O5/c1-17(2)21(27)26-14-10-8-6-7-9-13-25(23(30)31-24(3,4)5)16-19-15-18(22(28)29)11-12-20(19)26/h11-12,15,17H,6-10,13-14,16H2,1-5H3,(H,28,29). The van der Waals surface area contributed by atoms with Crippen LogP contribution in [0.25, 0.3) is 0 Å². The summed E-state index contributed by atoms with van der Waals surface area (Å²) in [5.74, 6) is -1.24. The minimum atomic E-state index is -1.04. The summed E-state index contributed by atoms with van der Waals surface area (Å²) in [4.78, 5) is 40.9. The highest BCUT2D eigenvalue weighted by Gasteiger charge is 2.27. The summed E-state index contributed by atoms with van der Waals surface area (Å²) in [7, 11) is 0. The number of ether oxygens (including phenoxy) is 1. The van der Waals surface area contributed by atoms with Crippen molar-refractivity contribution < 1.29 is 24.2 Å². The smallest absolute Gasteiger partial charge is 0.410 e. The molecule has 2 rings (SSSR count). The molecule has 2 amide bonds. The van der Waals surface area contributed by atoms with Crippen LogP contribution in [0.3, 0.4) is 0 Å². The number of fused-ring (bicyclic) bond motifs is 1. The minimum Gasteiger partial charge on any atom is -0.478 e. The Bertz CT molecular complexity index is 798. The summed E-state index contributed by atoms with van der Waals surface area (Å²) in [5.41, 5.74) is 0.802. The maximum absolute atomic E-state index is 13.0. The van der Waals surface area contributed by atoms with Gasteiger partial charge in [-0.15, -0.1) is 0 Å². The number of aromatic carboxylic acids is 1. The Kier molecular flexibility index (Phi) is 8.48. The Morgan fingerprint density at radius 3 is 2.19 bits per heavy atom. The second kappa shape index (κ2) is 10.6. The summed E-state index contributed by atoms with van der Waals surface area (Å²) < 4.78 is 5.60. The van der Waals surface area contributed by atoms with Crippen molar-refractivity contribution in [2.75, 3.05) is 18.0 Å². The van der Waals surface area contributed by atoms with E-state index in [4.69, 9.17) is 4.74 Å². The Balaban J connectivity index is 2.52. The Labute approximate surface area is 185 Å². The van der Waals surface area contributed by atoms with Crippen molar-refractivity contribution in [3.05, 3.63) is 29.3 Å². The quantitative estimate of drug-likeness (QED) is 0.704. The first kappa shape index (κ1) is 24.7. The molecule has 0 aromatic heterocycles. The molecule has 0 bridgehead atoms. The Morgan fingerprint density at radius 1 is 1.00 bits per heavy atom. The number of hydrogen-bond acceptors (Lipinski definition) is 4. The molecule has 1 heterocycles. The number of carboxylic acids is 1. The summed E-state index contributed by atoms with van der Waals surface area (Å²) in [6.07, 6.45) is 4.32. The first-order chi connectivity index (χ1) is 14.5. The molecule has 0 radical (unpaired) electrons. The van der Waals surface area contributed by atoms with Gasteiger partial charge in [0.2, 0.25) is 5.91 Å². The second-order valence-corrected chi connectivity index (χ2v) is 9.46. The van der Waals surface area contributed by atoms with Crippen molar-refractivity contribution in [3.63, 3.8) is 0 Å². The van der Waals surface area contributed by atoms with Crippen LogP contribution in [0.4, 0.5) is 10.5 Å². The normalized spacial score (nSPS) is 16.2. The van der Waals surface area contributed by atoms with Crippen LogP contribution < -0.4 is 4.90 Å². The highest BCUT2D eigenvalue weighted by atomic mass is 16.6. The molecule has 0 saturated heterocycles. The second-order valence-electron chi connectivity index (χ2n) is 9.46. The summed E-state index contributed by atoms with van der Waals surface area (Å²) in [6, 6.07) is 4.78. The number of carbonyl (C=O) groups excluding carboxylic acids is 2. The highest BCUT2D eigenvalue weighted by Crippen LogP contribution is 2.28. The molecule has 1 aromatic rings. The lowest BCUT2D eigenvalue weighted by Gasteiger charge is -2.31. The molecule has 1 aromatic carbocycles. The molecule has 172 valence electrons. The summed E-state index contributed by atoms with van der Waals surface area (Å²) in [5, 5.41) is 9.50. The largest absolute Gasteiger partial charge is 0.478 e. The summed E-state index contributed by atoms with van der Waals surface area (Å²) >= 11 is 0. The van der Waals surface area contributed by atoms with Gasteiger partial charge in [0.1, 0.15) is 5.60 Å². The van der Waals surface area contributed by atoms with Crippen molar-refractivity contribution in [1.82, 2.24) is 4.90 Å². The van der Waals surface area contributed by atoms with Gasteiger partial charge in [-0.3, -0.25) is 4.79 Å². The van der Waals surface area contributed by atoms with E-state index in [1.54, 1.807) is 21.9 Å². The summed E-state index contributed by atoms with van der Waals surface area (Å²) in [6.45, 7) is 10.5. The molecule has 0 fully saturated rings. The molecule has 1 aliphatic rings. The predicted molar refractivity (Wildman–Crippen MR) is 120 cm³/mol. The molecule has 0 aliphatic carbocycles. The third-order valence-electron chi connectivity index (χ3n) is 5.20. The Morgan fingerprint density at radius 2 is 1.61 bits per heavy atom. The van der Waals surface area contributed by atoms with Crippen LogP contribution in [0, 0.1) is 5.92 Å². The number of amides is 2. The molecular weight excluding hydrogens is 396 g/mol. The number of anilines is 1. The average Bonchev–Trinajstić information content (AvgIpc) is 2.66. The first-order valence-electron chi connectivity index (χ1n) is 11.1. The van der Waals surface area contributed by atoms with Crippen LogP contribution in [-0.2, 0) is 16.1 Å². The lowest BCUT2D eigenvalue weighted by atomic mass is 10.0. The Hall–Kier alpha value is -2.57. The topological polar surface area (TPSA) is 87.2 Å². The van der Waals surface area contributed by atoms with E-state index in [0.717, 1.165) is 32.1 Å². The molecule has 0 saturated carbocycles. The zero-order chi connectivity index (χ0) is 23.2. The molecule has 7 nitrogen and oxygen atoms in total. The van der Waals surface area contributed by atoms with Gasteiger partial charge in [0.05, 0.1) is 12.1 Å². The molecule has 31 heavy (non-hydrogen) atoms. The van der Waals surface area contributed by atoms with Crippen LogP contribution in [0.5, 0.6) is 0 Å². The van der Waals surface area contributed by atoms with E-state index >= 15 is 0 Å². The van der Waals surface area contributed by atoms with Crippen LogP contribution in [0.2, 0.25) is 0 Å².